The van der Waals surface area contributed by atoms with E-state index < -0.39 is 12.8 Å². The van der Waals surface area contributed by atoms with E-state index in [2.05, 4.69) is 0 Å². The van der Waals surface area contributed by atoms with Gasteiger partial charge in [-0.1, -0.05) is 37.3 Å². The summed E-state index contributed by atoms with van der Waals surface area (Å²) >= 11 is 0. The highest BCUT2D eigenvalue weighted by Gasteiger charge is 2.36. The molecule has 0 aliphatic carbocycles. The van der Waals surface area contributed by atoms with Gasteiger partial charge in [0.1, 0.15) is 11.9 Å². The molecule has 27 heavy (non-hydrogen) atoms. The van der Waals surface area contributed by atoms with Gasteiger partial charge in [-0.25, -0.2) is 8.78 Å². The van der Waals surface area contributed by atoms with Crippen molar-refractivity contribution in [2.24, 2.45) is 0 Å². The minimum absolute atomic E-state index is 0.118. The van der Waals surface area contributed by atoms with Gasteiger partial charge in [-0.15, -0.1) is 0 Å². The Hall–Kier alpha value is -2.56. The van der Waals surface area contributed by atoms with Crippen LogP contribution in [0.4, 0.5) is 8.78 Å². The molecule has 5 heteroatoms. The van der Waals surface area contributed by atoms with Gasteiger partial charge in [0.2, 0.25) is 6.43 Å². The molecular weight excluding hydrogens is 350 g/mol. The second-order valence-electron chi connectivity index (χ2n) is 6.78. The van der Waals surface area contributed by atoms with E-state index in [4.69, 9.17) is 4.74 Å². The second-order valence-corrected chi connectivity index (χ2v) is 6.78. The summed E-state index contributed by atoms with van der Waals surface area (Å²) < 4.78 is 31.0. The van der Waals surface area contributed by atoms with Crippen LogP contribution < -0.4 is 4.74 Å². The Kier molecular flexibility index (Phi) is 5.68. The van der Waals surface area contributed by atoms with Crippen LogP contribution in [0, 0.1) is 0 Å². The first-order valence-corrected chi connectivity index (χ1v) is 9.16. The lowest BCUT2D eigenvalue weighted by atomic mass is 9.86. The molecule has 0 bridgehead atoms. The molecule has 142 valence electrons. The monoisotopic (exact) mass is 372 g/mol. The molecule has 0 amide bonds. The Morgan fingerprint density at radius 3 is 2.44 bits per heavy atom. The van der Waals surface area contributed by atoms with Crippen LogP contribution in [0.15, 0.2) is 42.5 Å². The molecule has 0 saturated carbocycles. The molecule has 0 saturated heterocycles. The molecule has 3 rings (SSSR count). The number of ether oxygens (including phenoxy) is 1. The number of carbonyl (C=O) groups is 2. The van der Waals surface area contributed by atoms with Gasteiger partial charge in [-0.05, 0) is 24.6 Å². The SMILES string of the molecule is CCC(=O)c1cc(C(=O)CCC(F)F)cc2c1O[C@H](C)[C@H]2c1ccccc1. The van der Waals surface area contributed by atoms with E-state index in [-0.39, 0.29) is 36.4 Å². The van der Waals surface area contributed by atoms with Crippen LogP contribution in [0.25, 0.3) is 0 Å². The lowest BCUT2D eigenvalue weighted by molar-refractivity contribution is 0.0909. The first kappa shape index (κ1) is 19.2. The molecule has 2 aromatic carbocycles. The summed E-state index contributed by atoms with van der Waals surface area (Å²) in [6.45, 7) is 3.67. The summed E-state index contributed by atoms with van der Waals surface area (Å²) in [6, 6.07) is 12.9. The van der Waals surface area contributed by atoms with Crippen LogP contribution in [0.3, 0.4) is 0 Å². The number of ketones is 2. The minimum Gasteiger partial charge on any atom is -0.489 e. The largest absolute Gasteiger partial charge is 0.489 e. The molecule has 3 nitrogen and oxygen atoms in total. The van der Waals surface area contributed by atoms with Gasteiger partial charge >= 0.3 is 0 Å². The predicted molar refractivity (Wildman–Crippen MR) is 99.0 cm³/mol. The fourth-order valence-electron chi connectivity index (χ4n) is 3.57. The van der Waals surface area contributed by atoms with Crippen LogP contribution in [0.1, 0.15) is 70.9 Å². The number of halogens is 2. The molecule has 2 aromatic rings. The molecule has 2 atom stereocenters. The van der Waals surface area contributed by atoms with Crippen molar-refractivity contribution in [3.63, 3.8) is 0 Å². The van der Waals surface area contributed by atoms with Crippen LogP contribution in [0.5, 0.6) is 5.75 Å². The van der Waals surface area contributed by atoms with Crippen LogP contribution in [-0.2, 0) is 0 Å². The summed E-state index contributed by atoms with van der Waals surface area (Å²) in [7, 11) is 0. The van der Waals surface area contributed by atoms with Crippen molar-refractivity contribution in [2.75, 3.05) is 0 Å². The minimum atomic E-state index is -2.53. The average Bonchev–Trinajstić information content (AvgIpc) is 3.00. The van der Waals surface area contributed by atoms with Gasteiger partial charge in [0.05, 0.1) is 5.56 Å². The van der Waals surface area contributed by atoms with Gasteiger partial charge in [-0.3, -0.25) is 9.59 Å². The predicted octanol–water partition coefficient (Wildman–Crippen LogP) is 5.42. The van der Waals surface area contributed by atoms with E-state index in [1.54, 1.807) is 13.0 Å². The fraction of sp³-hybridized carbons (Fsp3) is 0.364. The summed E-state index contributed by atoms with van der Waals surface area (Å²) in [4.78, 5) is 24.9. The standard InChI is InChI=1S/C22H22F2O3/c1-3-18(25)16-11-15(19(26)9-10-20(23)24)12-17-21(13(2)27-22(16)17)14-7-5-4-6-8-14/h4-8,11-13,20-21H,3,9-10H2,1-2H3/t13-,21+/m1/s1. The Morgan fingerprint density at radius 2 is 1.81 bits per heavy atom. The highest BCUT2D eigenvalue weighted by Crippen LogP contribution is 2.45. The van der Waals surface area contributed by atoms with Crippen molar-refractivity contribution < 1.29 is 23.1 Å². The lowest BCUT2D eigenvalue weighted by Gasteiger charge is -2.15. The molecule has 1 aliphatic rings. The molecule has 0 spiro atoms. The normalized spacial score (nSPS) is 18.3. The third kappa shape index (κ3) is 3.92. The summed E-state index contributed by atoms with van der Waals surface area (Å²) in [6.07, 6.45) is -3.18. The number of rotatable bonds is 7. The van der Waals surface area contributed by atoms with E-state index in [1.165, 1.54) is 6.07 Å². The highest BCUT2D eigenvalue weighted by molar-refractivity contribution is 6.04. The van der Waals surface area contributed by atoms with Crippen molar-refractivity contribution in [2.45, 2.75) is 51.6 Å². The molecule has 0 N–H and O–H groups in total. The van der Waals surface area contributed by atoms with E-state index >= 15 is 0 Å². The zero-order valence-electron chi connectivity index (χ0n) is 15.4. The molecule has 1 aliphatic heterocycles. The number of hydrogen-bond donors (Lipinski definition) is 0. The maximum atomic E-state index is 12.5. The number of benzene rings is 2. The topological polar surface area (TPSA) is 43.4 Å². The number of alkyl halides is 2. The molecule has 0 fully saturated rings. The number of hydrogen-bond acceptors (Lipinski definition) is 3. The van der Waals surface area contributed by atoms with E-state index in [0.717, 1.165) is 11.1 Å². The molecular formula is C22H22F2O3. The van der Waals surface area contributed by atoms with Crippen LogP contribution >= 0.6 is 0 Å². The maximum absolute atomic E-state index is 12.5. The van der Waals surface area contributed by atoms with Crippen molar-refractivity contribution in [3.8, 4) is 5.75 Å². The van der Waals surface area contributed by atoms with Crippen LogP contribution in [-0.4, -0.2) is 24.1 Å². The van der Waals surface area contributed by atoms with Crippen LogP contribution in [0.2, 0.25) is 0 Å². The smallest absolute Gasteiger partial charge is 0.239 e. The summed E-state index contributed by atoms with van der Waals surface area (Å²) in [5, 5.41) is 0. The van der Waals surface area contributed by atoms with Gasteiger partial charge < -0.3 is 4.74 Å². The van der Waals surface area contributed by atoms with E-state index in [1.807, 2.05) is 37.3 Å². The molecule has 0 unspecified atom stereocenters. The summed E-state index contributed by atoms with van der Waals surface area (Å²) in [5.41, 5.74) is 2.45. The number of carbonyl (C=O) groups excluding carboxylic acids is 2. The first-order valence-electron chi connectivity index (χ1n) is 9.16. The Morgan fingerprint density at radius 1 is 1.11 bits per heavy atom. The third-order valence-electron chi connectivity index (χ3n) is 4.92. The lowest BCUT2D eigenvalue weighted by Crippen LogP contribution is -2.15. The van der Waals surface area contributed by atoms with Gasteiger partial charge in [0.25, 0.3) is 0 Å². The van der Waals surface area contributed by atoms with E-state index in [9.17, 15) is 18.4 Å². The number of Topliss-reactive ketones (excluding diaryl/α,β-unsaturated/α-hetero) is 2. The van der Waals surface area contributed by atoms with E-state index in [0.29, 0.717) is 16.9 Å². The van der Waals surface area contributed by atoms with Crippen molar-refractivity contribution >= 4 is 11.6 Å². The number of fused-ring (bicyclic) bond motifs is 1. The fourth-order valence-corrected chi connectivity index (χ4v) is 3.57. The van der Waals surface area contributed by atoms with Gasteiger partial charge in [0.15, 0.2) is 11.6 Å². The molecule has 0 radical (unpaired) electrons. The zero-order valence-corrected chi connectivity index (χ0v) is 15.4. The quantitative estimate of drug-likeness (QED) is 0.610. The summed E-state index contributed by atoms with van der Waals surface area (Å²) in [5.74, 6) is -0.119. The second kappa shape index (κ2) is 7.99. The first-order chi connectivity index (χ1) is 12.9. The van der Waals surface area contributed by atoms with Crippen molar-refractivity contribution in [3.05, 3.63) is 64.7 Å². The van der Waals surface area contributed by atoms with Crippen molar-refractivity contribution in [1.29, 1.82) is 0 Å². The Labute approximate surface area is 157 Å². The molecule has 1 heterocycles. The zero-order chi connectivity index (χ0) is 19.6. The average molecular weight is 372 g/mol. The van der Waals surface area contributed by atoms with Gasteiger partial charge in [-0.2, -0.15) is 0 Å². The molecule has 0 aromatic heterocycles. The van der Waals surface area contributed by atoms with Crippen molar-refractivity contribution in [1.82, 2.24) is 0 Å². The van der Waals surface area contributed by atoms with Gasteiger partial charge in [0, 0.05) is 36.3 Å². The third-order valence-corrected chi connectivity index (χ3v) is 4.92. The Bertz CT molecular complexity index is 846. The Balaban J connectivity index is 2.08. The highest BCUT2D eigenvalue weighted by atomic mass is 19.3. The maximum Gasteiger partial charge on any atom is 0.239 e.